The summed E-state index contributed by atoms with van der Waals surface area (Å²) in [7, 11) is 0. The topological polar surface area (TPSA) is 65.1 Å². The van der Waals surface area contributed by atoms with Crippen molar-refractivity contribution in [3.05, 3.63) is 0 Å². The van der Waals surface area contributed by atoms with Crippen LogP contribution >= 0.6 is 0 Å². The molecule has 2 rings (SSSR count). The molecular weight excluding hydrogens is 308 g/mol. The van der Waals surface area contributed by atoms with Crippen molar-refractivity contribution in [1.82, 2.24) is 20.0 Å². The van der Waals surface area contributed by atoms with Crippen molar-refractivity contribution in [3.8, 4) is 0 Å². The lowest BCUT2D eigenvalue weighted by Gasteiger charge is -2.39. The van der Waals surface area contributed by atoms with Gasteiger partial charge in [-0.3, -0.25) is 4.90 Å². The fraction of sp³-hybridized carbons (Fsp3) is 0.882. The minimum absolute atomic E-state index is 0.0355. The number of hydrogen-bond donors (Lipinski definition) is 1. The number of hydrogen-bond acceptors (Lipinski definition) is 4. The Morgan fingerprint density at radius 1 is 1.04 bits per heavy atom. The SMILES string of the molecule is CCOC(=O)N1CCC(NC(=O)N2CCN(C(C)CC)CC2)CC1. The molecule has 0 radical (unpaired) electrons. The molecule has 0 saturated carbocycles. The Morgan fingerprint density at radius 3 is 2.21 bits per heavy atom. The molecule has 0 aromatic heterocycles. The molecule has 1 unspecified atom stereocenters. The highest BCUT2D eigenvalue weighted by molar-refractivity contribution is 5.74. The van der Waals surface area contributed by atoms with Crippen LogP contribution in [0.2, 0.25) is 0 Å². The van der Waals surface area contributed by atoms with Crippen LogP contribution in [0.5, 0.6) is 0 Å². The Balaban J connectivity index is 1.70. The van der Waals surface area contributed by atoms with Crippen LogP contribution in [0.15, 0.2) is 0 Å². The Kier molecular flexibility index (Phi) is 7.15. The van der Waals surface area contributed by atoms with E-state index in [-0.39, 0.29) is 18.2 Å². The summed E-state index contributed by atoms with van der Waals surface area (Å²) in [6.45, 7) is 11.4. The zero-order chi connectivity index (χ0) is 17.5. The molecule has 1 atom stereocenters. The minimum atomic E-state index is -0.247. The van der Waals surface area contributed by atoms with Crippen LogP contribution in [0, 0.1) is 0 Å². The maximum absolute atomic E-state index is 12.4. The normalized spacial score (nSPS) is 21.5. The van der Waals surface area contributed by atoms with Crippen LogP contribution in [-0.2, 0) is 4.74 Å². The maximum Gasteiger partial charge on any atom is 0.409 e. The Hall–Kier alpha value is -1.50. The summed E-state index contributed by atoms with van der Waals surface area (Å²) >= 11 is 0. The van der Waals surface area contributed by atoms with Gasteiger partial charge in [-0.1, -0.05) is 6.92 Å². The highest BCUT2D eigenvalue weighted by Crippen LogP contribution is 2.13. The van der Waals surface area contributed by atoms with Crippen LogP contribution < -0.4 is 5.32 Å². The number of amides is 3. The van der Waals surface area contributed by atoms with Crippen molar-refractivity contribution in [1.29, 1.82) is 0 Å². The number of carbonyl (C=O) groups is 2. The summed E-state index contributed by atoms with van der Waals surface area (Å²) in [6.07, 6.45) is 2.48. The molecule has 7 heteroatoms. The summed E-state index contributed by atoms with van der Waals surface area (Å²) in [5.74, 6) is 0. The molecule has 3 amide bonds. The zero-order valence-electron chi connectivity index (χ0n) is 15.3. The van der Waals surface area contributed by atoms with Gasteiger partial charge < -0.3 is 19.9 Å². The summed E-state index contributed by atoms with van der Waals surface area (Å²) < 4.78 is 5.02. The zero-order valence-corrected chi connectivity index (χ0v) is 15.3. The van der Waals surface area contributed by atoms with Gasteiger partial charge in [0.1, 0.15) is 0 Å². The number of carbonyl (C=O) groups excluding carboxylic acids is 2. The average molecular weight is 340 g/mol. The molecule has 2 aliphatic rings. The average Bonchev–Trinajstić information content (AvgIpc) is 2.62. The highest BCUT2D eigenvalue weighted by atomic mass is 16.6. The molecule has 0 bridgehead atoms. The smallest absolute Gasteiger partial charge is 0.409 e. The molecule has 2 fully saturated rings. The van der Waals surface area contributed by atoms with Gasteiger partial charge in [-0.25, -0.2) is 9.59 Å². The molecule has 0 aromatic carbocycles. The number of urea groups is 1. The van der Waals surface area contributed by atoms with Gasteiger partial charge >= 0.3 is 12.1 Å². The van der Waals surface area contributed by atoms with Crippen molar-refractivity contribution in [3.63, 3.8) is 0 Å². The molecule has 2 aliphatic heterocycles. The fourth-order valence-corrected chi connectivity index (χ4v) is 3.31. The first-order chi connectivity index (χ1) is 11.5. The second-order valence-electron chi connectivity index (χ2n) is 6.69. The Morgan fingerprint density at radius 2 is 1.67 bits per heavy atom. The van der Waals surface area contributed by atoms with Gasteiger partial charge in [0.25, 0.3) is 0 Å². The summed E-state index contributed by atoms with van der Waals surface area (Å²) in [4.78, 5) is 30.2. The van der Waals surface area contributed by atoms with E-state index in [0.717, 1.165) is 45.4 Å². The third-order valence-electron chi connectivity index (χ3n) is 5.16. The van der Waals surface area contributed by atoms with Crippen molar-refractivity contribution in [2.75, 3.05) is 45.9 Å². The van der Waals surface area contributed by atoms with Crippen molar-refractivity contribution in [2.24, 2.45) is 0 Å². The number of nitrogens with zero attached hydrogens (tertiary/aromatic N) is 3. The molecular formula is C17H32N4O3. The number of rotatable bonds is 4. The lowest BCUT2D eigenvalue weighted by atomic mass is 10.1. The monoisotopic (exact) mass is 340 g/mol. The molecule has 1 N–H and O–H groups in total. The summed E-state index contributed by atoms with van der Waals surface area (Å²) in [5, 5.41) is 3.13. The van der Waals surface area contributed by atoms with Gasteiger partial charge in [0.05, 0.1) is 6.61 Å². The van der Waals surface area contributed by atoms with Crippen molar-refractivity contribution < 1.29 is 14.3 Å². The van der Waals surface area contributed by atoms with Gasteiger partial charge in [0.15, 0.2) is 0 Å². The van der Waals surface area contributed by atoms with E-state index < -0.39 is 0 Å². The van der Waals surface area contributed by atoms with E-state index in [4.69, 9.17) is 4.74 Å². The first kappa shape index (κ1) is 18.8. The van der Waals surface area contributed by atoms with Crippen LogP contribution in [0.1, 0.15) is 40.0 Å². The molecule has 2 saturated heterocycles. The largest absolute Gasteiger partial charge is 0.450 e. The predicted octanol–water partition coefficient (Wildman–Crippen LogP) is 1.73. The lowest BCUT2D eigenvalue weighted by Crippen LogP contribution is -2.56. The third-order valence-corrected chi connectivity index (χ3v) is 5.16. The van der Waals surface area contributed by atoms with Gasteiger partial charge in [-0.2, -0.15) is 0 Å². The Bertz CT molecular complexity index is 416. The number of ether oxygens (including phenoxy) is 1. The molecule has 0 spiro atoms. The number of likely N-dealkylation sites (tertiary alicyclic amines) is 1. The van der Waals surface area contributed by atoms with Gasteiger partial charge in [0, 0.05) is 51.4 Å². The van der Waals surface area contributed by atoms with E-state index in [1.165, 1.54) is 0 Å². The second-order valence-corrected chi connectivity index (χ2v) is 6.69. The second kappa shape index (κ2) is 9.11. The van der Waals surface area contributed by atoms with E-state index in [1.54, 1.807) is 4.90 Å². The van der Waals surface area contributed by atoms with Crippen molar-refractivity contribution >= 4 is 12.1 Å². The third kappa shape index (κ3) is 5.00. The summed E-state index contributed by atoms with van der Waals surface area (Å²) in [6, 6.07) is 0.770. The number of piperazine rings is 1. The fourth-order valence-electron chi connectivity index (χ4n) is 3.31. The number of nitrogens with one attached hydrogen (secondary N) is 1. The van der Waals surface area contributed by atoms with Crippen LogP contribution in [0.3, 0.4) is 0 Å². The molecule has 24 heavy (non-hydrogen) atoms. The van der Waals surface area contributed by atoms with Crippen LogP contribution in [0.25, 0.3) is 0 Å². The first-order valence-corrected chi connectivity index (χ1v) is 9.26. The van der Waals surface area contributed by atoms with Crippen LogP contribution in [-0.4, -0.2) is 84.8 Å². The van der Waals surface area contributed by atoms with E-state index in [2.05, 4.69) is 24.1 Å². The Labute approximate surface area is 145 Å². The van der Waals surface area contributed by atoms with Gasteiger partial charge in [0.2, 0.25) is 0 Å². The molecule has 7 nitrogen and oxygen atoms in total. The lowest BCUT2D eigenvalue weighted by molar-refractivity contribution is 0.0923. The van der Waals surface area contributed by atoms with Crippen LogP contribution in [0.4, 0.5) is 9.59 Å². The quantitative estimate of drug-likeness (QED) is 0.846. The van der Waals surface area contributed by atoms with Crippen molar-refractivity contribution in [2.45, 2.75) is 52.1 Å². The molecule has 0 aliphatic carbocycles. The van der Waals surface area contributed by atoms with E-state index in [9.17, 15) is 9.59 Å². The first-order valence-electron chi connectivity index (χ1n) is 9.26. The predicted molar refractivity (Wildman–Crippen MR) is 93.0 cm³/mol. The van der Waals surface area contributed by atoms with Gasteiger partial charge in [-0.15, -0.1) is 0 Å². The van der Waals surface area contributed by atoms with E-state index >= 15 is 0 Å². The maximum atomic E-state index is 12.4. The summed E-state index contributed by atoms with van der Waals surface area (Å²) in [5.41, 5.74) is 0. The standard InChI is InChI=1S/C17H32N4O3/c1-4-14(3)19-10-12-20(13-11-19)16(22)18-15-6-8-21(9-7-15)17(23)24-5-2/h14-15H,4-13H2,1-3H3,(H,18,22). The molecule has 138 valence electrons. The van der Waals surface area contributed by atoms with E-state index in [1.807, 2.05) is 11.8 Å². The van der Waals surface area contributed by atoms with E-state index in [0.29, 0.717) is 25.7 Å². The number of piperidine rings is 1. The van der Waals surface area contributed by atoms with Gasteiger partial charge in [-0.05, 0) is 33.1 Å². The molecule has 0 aromatic rings. The molecule has 2 heterocycles. The highest BCUT2D eigenvalue weighted by Gasteiger charge is 2.28. The minimum Gasteiger partial charge on any atom is -0.450 e.